The van der Waals surface area contributed by atoms with Crippen LogP contribution in [0.4, 0.5) is 4.39 Å². The molecule has 0 radical (unpaired) electrons. The highest BCUT2D eigenvalue weighted by atomic mass is 19.1. The van der Waals surface area contributed by atoms with Crippen molar-refractivity contribution in [2.75, 3.05) is 6.61 Å². The Morgan fingerprint density at radius 2 is 1.39 bits per heavy atom. The van der Waals surface area contributed by atoms with Gasteiger partial charge in [-0.3, -0.25) is 0 Å². The average molecular weight is 307 g/mol. The van der Waals surface area contributed by atoms with E-state index in [-0.39, 0.29) is 11.9 Å². The number of hydrogen-bond acceptors (Lipinski definition) is 2. The molecule has 2 N–H and O–H groups in total. The van der Waals surface area contributed by atoms with Crippen LogP contribution in [-0.4, -0.2) is 6.61 Å². The van der Waals surface area contributed by atoms with Gasteiger partial charge in [0.05, 0.1) is 6.04 Å². The Kier molecular flexibility index (Phi) is 4.69. The van der Waals surface area contributed by atoms with Gasteiger partial charge in [0.25, 0.3) is 0 Å². The summed E-state index contributed by atoms with van der Waals surface area (Å²) >= 11 is 0. The molecule has 0 saturated heterocycles. The van der Waals surface area contributed by atoms with E-state index in [4.69, 9.17) is 10.5 Å². The van der Waals surface area contributed by atoms with Crippen LogP contribution in [0.15, 0.2) is 78.9 Å². The molecule has 3 heteroatoms. The van der Waals surface area contributed by atoms with Gasteiger partial charge in [0.2, 0.25) is 0 Å². The van der Waals surface area contributed by atoms with Crippen LogP contribution in [0.2, 0.25) is 0 Å². The largest absolute Gasteiger partial charge is 0.492 e. The van der Waals surface area contributed by atoms with Crippen molar-refractivity contribution in [2.45, 2.75) is 6.04 Å². The molecule has 0 fully saturated rings. The van der Waals surface area contributed by atoms with Crippen LogP contribution in [0.25, 0.3) is 11.1 Å². The van der Waals surface area contributed by atoms with Gasteiger partial charge < -0.3 is 10.5 Å². The van der Waals surface area contributed by atoms with E-state index in [1.807, 2.05) is 42.5 Å². The maximum atomic E-state index is 12.9. The van der Waals surface area contributed by atoms with Crippen LogP contribution >= 0.6 is 0 Å². The number of nitrogens with two attached hydrogens (primary N) is 1. The highest BCUT2D eigenvalue weighted by Crippen LogP contribution is 2.22. The minimum Gasteiger partial charge on any atom is -0.492 e. The summed E-state index contributed by atoms with van der Waals surface area (Å²) in [4.78, 5) is 0. The SMILES string of the molecule is NC(COc1ccc(-c2ccccc2)cc1)c1ccc(F)cc1. The molecule has 116 valence electrons. The molecule has 0 aliphatic heterocycles. The normalized spacial score (nSPS) is 11.9. The predicted molar refractivity (Wildman–Crippen MR) is 90.7 cm³/mol. The van der Waals surface area contributed by atoms with Crippen LogP contribution in [0, 0.1) is 5.82 Å². The highest BCUT2D eigenvalue weighted by Gasteiger charge is 2.07. The summed E-state index contributed by atoms with van der Waals surface area (Å²) in [6.45, 7) is 0.344. The molecule has 0 heterocycles. The van der Waals surface area contributed by atoms with Crippen LogP contribution in [0.1, 0.15) is 11.6 Å². The molecule has 0 bridgehead atoms. The quantitative estimate of drug-likeness (QED) is 0.749. The van der Waals surface area contributed by atoms with E-state index in [2.05, 4.69) is 12.1 Å². The lowest BCUT2D eigenvalue weighted by Gasteiger charge is -2.14. The van der Waals surface area contributed by atoms with Gasteiger partial charge in [-0.05, 0) is 41.0 Å². The number of hydrogen-bond donors (Lipinski definition) is 1. The Morgan fingerprint density at radius 1 is 0.783 bits per heavy atom. The molecule has 1 atom stereocenters. The Labute approximate surface area is 135 Å². The number of rotatable bonds is 5. The topological polar surface area (TPSA) is 35.2 Å². The van der Waals surface area contributed by atoms with E-state index in [1.165, 1.54) is 17.7 Å². The van der Waals surface area contributed by atoms with Crippen LogP contribution < -0.4 is 10.5 Å². The Morgan fingerprint density at radius 3 is 2.04 bits per heavy atom. The first-order chi connectivity index (χ1) is 11.2. The van der Waals surface area contributed by atoms with Gasteiger partial charge in [0.15, 0.2) is 0 Å². The summed E-state index contributed by atoms with van der Waals surface area (Å²) < 4.78 is 18.6. The summed E-state index contributed by atoms with van der Waals surface area (Å²) in [6.07, 6.45) is 0. The van der Waals surface area contributed by atoms with E-state index in [9.17, 15) is 4.39 Å². The van der Waals surface area contributed by atoms with Crippen molar-refractivity contribution in [1.29, 1.82) is 0 Å². The number of halogens is 1. The standard InChI is InChI=1S/C20H18FNO/c21-18-10-6-17(7-11-18)20(22)14-23-19-12-8-16(9-13-19)15-4-2-1-3-5-15/h1-13,20H,14,22H2. The third-order valence-electron chi connectivity index (χ3n) is 3.69. The van der Waals surface area contributed by atoms with Crippen molar-refractivity contribution < 1.29 is 9.13 Å². The van der Waals surface area contributed by atoms with Crippen molar-refractivity contribution in [3.63, 3.8) is 0 Å². The fourth-order valence-electron chi connectivity index (χ4n) is 2.37. The summed E-state index contributed by atoms with van der Waals surface area (Å²) in [7, 11) is 0. The Bertz CT molecular complexity index is 739. The first kappa shape index (κ1) is 15.3. The van der Waals surface area contributed by atoms with Gasteiger partial charge in [-0.15, -0.1) is 0 Å². The fraction of sp³-hybridized carbons (Fsp3) is 0.100. The second-order valence-corrected chi connectivity index (χ2v) is 5.36. The molecule has 0 aliphatic carbocycles. The van der Waals surface area contributed by atoms with Crippen molar-refractivity contribution in [3.8, 4) is 16.9 Å². The predicted octanol–water partition coefficient (Wildman–Crippen LogP) is 4.57. The molecular formula is C20H18FNO. The summed E-state index contributed by atoms with van der Waals surface area (Å²) in [6, 6.07) is 24.0. The first-order valence-electron chi connectivity index (χ1n) is 7.52. The second kappa shape index (κ2) is 7.07. The van der Waals surface area contributed by atoms with Gasteiger partial charge in [-0.25, -0.2) is 4.39 Å². The molecule has 3 rings (SSSR count). The van der Waals surface area contributed by atoms with Crippen molar-refractivity contribution in [2.24, 2.45) is 5.73 Å². The summed E-state index contributed by atoms with van der Waals surface area (Å²) in [5, 5.41) is 0. The monoisotopic (exact) mass is 307 g/mol. The van der Waals surface area contributed by atoms with E-state index >= 15 is 0 Å². The molecule has 3 aromatic rings. The molecule has 2 nitrogen and oxygen atoms in total. The van der Waals surface area contributed by atoms with E-state index in [0.717, 1.165) is 16.9 Å². The molecule has 0 saturated carbocycles. The van der Waals surface area contributed by atoms with Crippen LogP contribution in [0.5, 0.6) is 5.75 Å². The zero-order valence-electron chi connectivity index (χ0n) is 12.7. The number of benzene rings is 3. The first-order valence-corrected chi connectivity index (χ1v) is 7.52. The third kappa shape index (κ3) is 3.96. The van der Waals surface area contributed by atoms with Crippen LogP contribution in [0.3, 0.4) is 0 Å². The Balaban J connectivity index is 1.61. The lowest BCUT2D eigenvalue weighted by atomic mass is 10.1. The van der Waals surface area contributed by atoms with Gasteiger partial charge in [0, 0.05) is 0 Å². The third-order valence-corrected chi connectivity index (χ3v) is 3.69. The average Bonchev–Trinajstić information content (AvgIpc) is 2.61. The molecule has 0 aromatic heterocycles. The molecule has 23 heavy (non-hydrogen) atoms. The minimum absolute atomic E-state index is 0.265. The zero-order valence-corrected chi connectivity index (χ0v) is 12.7. The molecular weight excluding hydrogens is 289 g/mol. The molecule has 1 unspecified atom stereocenters. The van der Waals surface area contributed by atoms with Gasteiger partial charge >= 0.3 is 0 Å². The van der Waals surface area contributed by atoms with Crippen molar-refractivity contribution in [1.82, 2.24) is 0 Å². The van der Waals surface area contributed by atoms with Gasteiger partial charge in [-0.2, -0.15) is 0 Å². The second-order valence-electron chi connectivity index (χ2n) is 5.36. The highest BCUT2D eigenvalue weighted by molar-refractivity contribution is 5.63. The van der Waals surface area contributed by atoms with E-state index in [0.29, 0.717) is 6.61 Å². The molecule has 0 spiro atoms. The lowest BCUT2D eigenvalue weighted by molar-refractivity contribution is 0.290. The van der Waals surface area contributed by atoms with E-state index in [1.54, 1.807) is 12.1 Å². The maximum absolute atomic E-state index is 12.9. The molecule has 0 amide bonds. The number of ether oxygens (including phenoxy) is 1. The van der Waals surface area contributed by atoms with Crippen molar-refractivity contribution in [3.05, 3.63) is 90.2 Å². The maximum Gasteiger partial charge on any atom is 0.123 e. The summed E-state index contributed by atoms with van der Waals surface area (Å²) in [5.74, 6) is 0.501. The van der Waals surface area contributed by atoms with Crippen LogP contribution in [-0.2, 0) is 0 Å². The molecule has 3 aromatic carbocycles. The Hall–Kier alpha value is -2.65. The smallest absolute Gasteiger partial charge is 0.123 e. The zero-order chi connectivity index (χ0) is 16.1. The van der Waals surface area contributed by atoms with Crippen molar-refractivity contribution >= 4 is 0 Å². The van der Waals surface area contributed by atoms with Gasteiger partial charge in [0.1, 0.15) is 18.2 Å². The lowest BCUT2D eigenvalue weighted by Crippen LogP contribution is -2.18. The fourth-order valence-corrected chi connectivity index (χ4v) is 2.37. The summed E-state index contributed by atoms with van der Waals surface area (Å²) in [5.41, 5.74) is 9.23. The van der Waals surface area contributed by atoms with E-state index < -0.39 is 0 Å². The van der Waals surface area contributed by atoms with Gasteiger partial charge in [-0.1, -0.05) is 54.6 Å². The molecule has 0 aliphatic rings. The minimum atomic E-state index is -0.288.